The van der Waals surface area contributed by atoms with Crippen molar-refractivity contribution in [2.45, 2.75) is 45.9 Å². The molecule has 0 bridgehead atoms. The molecule has 1 aromatic heterocycles. The van der Waals surface area contributed by atoms with E-state index in [4.69, 9.17) is 4.42 Å². The summed E-state index contributed by atoms with van der Waals surface area (Å²) in [5.41, 5.74) is 0.927. The van der Waals surface area contributed by atoms with Crippen LogP contribution in [0, 0.1) is 13.8 Å². The van der Waals surface area contributed by atoms with Crippen LogP contribution in [0.15, 0.2) is 9.41 Å². The highest BCUT2D eigenvalue weighted by molar-refractivity contribution is 14.0. The number of guanidine groups is 1. The highest BCUT2D eigenvalue weighted by Crippen LogP contribution is 2.19. The zero-order valence-corrected chi connectivity index (χ0v) is 16.9. The van der Waals surface area contributed by atoms with Gasteiger partial charge < -0.3 is 15.1 Å². The van der Waals surface area contributed by atoms with Crippen LogP contribution in [0.3, 0.4) is 0 Å². The Bertz CT molecular complexity index is 440. The fourth-order valence-electron chi connectivity index (χ4n) is 1.46. The summed E-state index contributed by atoms with van der Waals surface area (Å²) < 4.78 is 5.70. The molecule has 7 heteroatoms. The van der Waals surface area contributed by atoms with E-state index in [0.717, 1.165) is 30.5 Å². The van der Waals surface area contributed by atoms with Gasteiger partial charge in [0.05, 0.1) is 5.69 Å². The van der Waals surface area contributed by atoms with Gasteiger partial charge >= 0.3 is 0 Å². The monoisotopic (exact) mass is 426 g/mol. The van der Waals surface area contributed by atoms with Gasteiger partial charge in [-0.3, -0.25) is 0 Å². The SMILES string of the molecule is CCNC(=NCc1nc(C)c(C)o1)NCC(C)(C)SC.I. The van der Waals surface area contributed by atoms with E-state index in [1.165, 1.54) is 0 Å². The topological polar surface area (TPSA) is 62.5 Å². The van der Waals surface area contributed by atoms with Gasteiger partial charge in [0.25, 0.3) is 0 Å². The molecular weight excluding hydrogens is 399 g/mol. The minimum atomic E-state index is 0. The maximum atomic E-state index is 5.53. The number of rotatable bonds is 6. The Kier molecular flexibility index (Phi) is 9.35. The Morgan fingerprint density at radius 1 is 1.33 bits per heavy atom. The average molecular weight is 426 g/mol. The van der Waals surface area contributed by atoms with Crippen molar-refractivity contribution in [1.82, 2.24) is 15.6 Å². The van der Waals surface area contributed by atoms with Crippen LogP contribution in [-0.4, -0.2) is 35.0 Å². The third-order valence-electron chi connectivity index (χ3n) is 3.02. The second-order valence-corrected chi connectivity index (χ2v) is 6.78. The van der Waals surface area contributed by atoms with Crippen molar-refractivity contribution in [3.8, 4) is 0 Å². The summed E-state index contributed by atoms with van der Waals surface area (Å²) in [5.74, 6) is 2.31. The normalized spacial score (nSPS) is 12.0. The molecule has 0 radical (unpaired) electrons. The molecule has 0 atom stereocenters. The van der Waals surface area contributed by atoms with Gasteiger partial charge in [-0.2, -0.15) is 11.8 Å². The molecule has 0 saturated carbocycles. The number of aryl methyl sites for hydroxylation is 2. The number of halogens is 1. The second kappa shape index (κ2) is 9.55. The van der Waals surface area contributed by atoms with Gasteiger partial charge in [-0.25, -0.2) is 9.98 Å². The van der Waals surface area contributed by atoms with Crippen LogP contribution in [-0.2, 0) is 6.54 Å². The predicted molar refractivity (Wildman–Crippen MR) is 102 cm³/mol. The van der Waals surface area contributed by atoms with Crippen LogP contribution < -0.4 is 10.6 Å². The minimum absolute atomic E-state index is 0. The van der Waals surface area contributed by atoms with Crippen molar-refractivity contribution >= 4 is 41.7 Å². The molecule has 0 aliphatic heterocycles. The molecular formula is C14H27IN4OS. The van der Waals surface area contributed by atoms with Gasteiger partial charge in [0.1, 0.15) is 12.3 Å². The van der Waals surface area contributed by atoms with E-state index in [2.05, 4.69) is 47.6 Å². The van der Waals surface area contributed by atoms with Crippen LogP contribution >= 0.6 is 35.7 Å². The molecule has 1 heterocycles. The number of aliphatic imine (C=N–C) groups is 1. The Hall–Kier alpha value is -0.440. The van der Waals surface area contributed by atoms with E-state index in [1.54, 1.807) is 0 Å². The lowest BCUT2D eigenvalue weighted by atomic mass is 10.2. The third-order valence-corrected chi connectivity index (χ3v) is 4.27. The number of thioether (sulfide) groups is 1. The molecule has 0 unspecified atom stereocenters. The highest BCUT2D eigenvalue weighted by atomic mass is 127. The lowest BCUT2D eigenvalue weighted by Crippen LogP contribution is -2.43. The first-order valence-corrected chi connectivity index (χ1v) is 8.10. The van der Waals surface area contributed by atoms with Gasteiger partial charge in [-0.05, 0) is 40.9 Å². The van der Waals surface area contributed by atoms with Crippen molar-refractivity contribution in [3.63, 3.8) is 0 Å². The molecule has 122 valence electrons. The summed E-state index contributed by atoms with van der Waals surface area (Å²) in [4.78, 5) is 8.84. The number of aromatic nitrogens is 1. The lowest BCUT2D eigenvalue weighted by Gasteiger charge is -2.23. The highest BCUT2D eigenvalue weighted by Gasteiger charge is 2.16. The fourth-order valence-corrected chi connectivity index (χ4v) is 1.68. The second-order valence-electron chi connectivity index (χ2n) is 5.26. The van der Waals surface area contributed by atoms with E-state index in [9.17, 15) is 0 Å². The molecule has 0 amide bonds. The predicted octanol–water partition coefficient (Wildman–Crippen LogP) is 3.11. The van der Waals surface area contributed by atoms with Crippen molar-refractivity contribution < 1.29 is 4.42 Å². The van der Waals surface area contributed by atoms with Gasteiger partial charge in [0.15, 0.2) is 5.96 Å². The fraction of sp³-hybridized carbons (Fsp3) is 0.714. The average Bonchev–Trinajstić information content (AvgIpc) is 2.72. The summed E-state index contributed by atoms with van der Waals surface area (Å²) in [6.45, 7) is 12.4. The molecule has 0 spiro atoms. The largest absolute Gasteiger partial charge is 0.444 e. The van der Waals surface area contributed by atoms with E-state index < -0.39 is 0 Å². The first-order valence-electron chi connectivity index (χ1n) is 6.88. The Morgan fingerprint density at radius 2 is 2.00 bits per heavy atom. The number of oxazole rings is 1. The van der Waals surface area contributed by atoms with Gasteiger partial charge in [0, 0.05) is 17.8 Å². The molecule has 5 nitrogen and oxygen atoms in total. The van der Waals surface area contributed by atoms with Crippen molar-refractivity contribution in [1.29, 1.82) is 0 Å². The first kappa shape index (κ1) is 20.6. The lowest BCUT2D eigenvalue weighted by molar-refractivity contribution is 0.472. The summed E-state index contributed by atoms with van der Waals surface area (Å²) in [5, 5.41) is 6.58. The van der Waals surface area contributed by atoms with E-state index in [0.29, 0.717) is 12.4 Å². The molecule has 1 aromatic rings. The van der Waals surface area contributed by atoms with E-state index in [-0.39, 0.29) is 28.7 Å². The molecule has 0 aliphatic rings. The number of hydrogen-bond donors (Lipinski definition) is 2. The van der Waals surface area contributed by atoms with Crippen LogP contribution in [0.25, 0.3) is 0 Å². The van der Waals surface area contributed by atoms with Crippen LogP contribution in [0.4, 0.5) is 0 Å². The summed E-state index contributed by atoms with van der Waals surface area (Å²) in [6.07, 6.45) is 2.12. The van der Waals surface area contributed by atoms with Crippen LogP contribution in [0.2, 0.25) is 0 Å². The molecule has 2 N–H and O–H groups in total. The maximum Gasteiger partial charge on any atom is 0.216 e. The van der Waals surface area contributed by atoms with Gasteiger partial charge in [-0.15, -0.1) is 24.0 Å². The number of nitrogens with zero attached hydrogens (tertiary/aromatic N) is 2. The zero-order chi connectivity index (χ0) is 15.2. The Balaban J connectivity index is 0.00000400. The van der Waals surface area contributed by atoms with Crippen LogP contribution in [0.5, 0.6) is 0 Å². The number of hydrogen-bond acceptors (Lipinski definition) is 4. The first-order chi connectivity index (χ1) is 9.38. The van der Waals surface area contributed by atoms with Crippen molar-refractivity contribution in [2.24, 2.45) is 4.99 Å². The van der Waals surface area contributed by atoms with E-state index in [1.807, 2.05) is 25.6 Å². The van der Waals surface area contributed by atoms with Gasteiger partial charge in [-0.1, -0.05) is 0 Å². The zero-order valence-electron chi connectivity index (χ0n) is 13.7. The maximum absolute atomic E-state index is 5.53. The summed E-state index contributed by atoms with van der Waals surface area (Å²) in [7, 11) is 0. The third kappa shape index (κ3) is 7.39. The minimum Gasteiger partial charge on any atom is -0.444 e. The smallest absolute Gasteiger partial charge is 0.216 e. The molecule has 1 rings (SSSR count). The Morgan fingerprint density at radius 3 is 2.48 bits per heavy atom. The summed E-state index contributed by atoms with van der Waals surface area (Å²) in [6, 6.07) is 0. The van der Waals surface area contributed by atoms with Gasteiger partial charge in [0.2, 0.25) is 5.89 Å². The van der Waals surface area contributed by atoms with Crippen molar-refractivity contribution in [3.05, 3.63) is 17.3 Å². The molecule has 21 heavy (non-hydrogen) atoms. The van der Waals surface area contributed by atoms with E-state index >= 15 is 0 Å². The summed E-state index contributed by atoms with van der Waals surface area (Å²) >= 11 is 1.83. The van der Waals surface area contributed by atoms with Crippen molar-refractivity contribution in [2.75, 3.05) is 19.3 Å². The molecule has 0 fully saturated rings. The molecule has 0 saturated heterocycles. The van der Waals surface area contributed by atoms with Crippen LogP contribution in [0.1, 0.15) is 38.1 Å². The molecule has 0 aromatic carbocycles. The Labute approximate surface area is 149 Å². The number of nitrogens with one attached hydrogen (secondary N) is 2. The molecule has 0 aliphatic carbocycles. The quantitative estimate of drug-likeness (QED) is 0.416. The standard InChI is InChI=1S/C14H26N4OS.HI/c1-7-15-13(17-9-14(4,5)20-6)16-8-12-18-10(2)11(3)19-12;/h7-9H2,1-6H3,(H2,15,16,17);1H.